The molecule has 1 amide bonds. The molecule has 0 radical (unpaired) electrons. The predicted octanol–water partition coefficient (Wildman–Crippen LogP) is 0.898. The summed E-state index contributed by atoms with van der Waals surface area (Å²) < 4.78 is 5.29. The average Bonchev–Trinajstić information content (AvgIpc) is 3.10. The van der Waals surface area contributed by atoms with Gasteiger partial charge in [0.1, 0.15) is 0 Å². The molecule has 7 nitrogen and oxygen atoms in total. The van der Waals surface area contributed by atoms with E-state index in [2.05, 4.69) is 22.0 Å². The van der Waals surface area contributed by atoms with Crippen molar-refractivity contribution in [1.82, 2.24) is 15.1 Å². The molecule has 1 unspecified atom stereocenters. The molecule has 7 heteroatoms. The second kappa shape index (κ2) is 11.4. The lowest BCUT2D eigenvalue weighted by molar-refractivity contribution is -0.123. The third-order valence-corrected chi connectivity index (χ3v) is 5.46. The normalized spacial score (nSPS) is 22.8. The number of hydrogen-bond acceptors (Lipinski definition) is 4. The van der Waals surface area contributed by atoms with Crippen molar-refractivity contribution in [1.29, 1.82) is 0 Å². The van der Waals surface area contributed by atoms with E-state index in [0.29, 0.717) is 5.92 Å². The molecule has 2 saturated heterocycles. The molecule has 2 heterocycles. The van der Waals surface area contributed by atoms with E-state index in [-0.39, 0.29) is 11.8 Å². The third kappa shape index (κ3) is 6.76. The van der Waals surface area contributed by atoms with Crippen LogP contribution < -0.4 is 11.1 Å². The Morgan fingerprint density at radius 2 is 2.00 bits per heavy atom. The van der Waals surface area contributed by atoms with E-state index in [1.54, 1.807) is 7.11 Å². The van der Waals surface area contributed by atoms with Crippen LogP contribution in [0.15, 0.2) is 4.99 Å². The molecule has 0 aromatic heterocycles. The van der Waals surface area contributed by atoms with Gasteiger partial charge in [0.15, 0.2) is 5.96 Å². The smallest absolute Gasteiger partial charge is 0.220 e. The minimum Gasteiger partial charge on any atom is -0.384 e. The first-order valence-electron chi connectivity index (χ1n) is 10.2. The highest BCUT2D eigenvalue weighted by Gasteiger charge is 2.25. The van der Waals surface area contributed by atoms with Crippen LogP contribution in [0.25, 0.3) is 0 Å². The van der Waals surface area contributed by atoms with Crippen LogP contribution in [0.1, 0.15) is 39.0 Å². The zero-order chi connectivity index (χ0) is 18.8. The van der Waals surface area contributed by atoms with Crippen LogP contribution in [0, 0.1) is 11.8 Å². The molecular formula is C19H37N5O2. The summed E-state index contributed by atoms with van der Waals surface area (Å²) in [6.07, 6.45) is 5.25. The first-order chi connectivity index (χ1) is 12.6. The number of aliphatic imine (C=N–C) groups is 1. The number of nitrogens with zero attached hydrogens (tertiary/aromatic N) is 3. The number of carbonyl (C=O) groups is 1. The minimum atomic E-state index is -0.135. The van der Waals surface area contributed by atoms with Gasteiger partial charge in [0.05, 0.1) is 6.61 Å². The van der Waals surface area contributed by atoms with E-state index in [0.717, 1.165) is 84.1 Å². The first-order valence-corrected chi connectivity index (χ1v) is 10.2. The van der Waals surface area contributed by atoms with Crippen molar-refractivity contribution in [3.63, 3.8) is 0 Å². The third-order valence-electron chi connectivity index (χ3n) is 5.46. The molecular weight excluding hydrogens is 330 g/mol. The number of nitrogens with two attached hydrogens (primary N) is 1. The molecule has 0 bridgehead atoms. The van der Waals surface area contributed by atoms with Gasteiger partial charge in [-0.15, -0.1) is 0 Å². The fraction of sp³-hybridized carbons (Fsp3) is 0.895. The van der Waals surface area contributed by atoms with Gasteiger partial charge in [-0.25, -0.2) is 0 Å². The molecule has 26 heavy (non-hydrogen) atoms. The molecule has 0 spiro atoms. The monoisotopic (exact) mass is 367 g/mol. The standard InChI is InChI=1S/C19H37N5O2/c1-3-21-19(24-13-6-16(14-24)15-26-2)22-9-4-5-10-23-11-7-17(8-12-23)18(20)25/h16-17H,3-15H2,1-2H3,(H2,20,25)(H,21,22). The molecule has 1 atom stereocenters. The summed E-state index contributed by atoms with van der Waals surface area (Å²) in [4.78, 5) is 20.8. The van der Waals surface area contributed by atoms with Crippen LogP contribution in [0.3, 0.4) is 0 Å². The summed E-state index contributed by atoms with van der Waals surface area (Å²) in [5.74, 6) is 1.62. The Kier molecular flexibility index (Phi) is 9.18. The van der Waals surface area contributed by atoms with Gasteiger partial charge >= 0.3 is 0 Å². The Bertz CT molecular complexity index is 449. The van der Waals surface area contributed by atoms with Gasteiger partial charge < -0.3 is 25.6 Å². The van der Waals surface area contributed by atoms with E-state index < -0.39 is 0 Å². The lowest BCUT2D eigenvalue weighted by atomic mass is 9.96. The van der Waals surface area contributed by atoms with Crippen molar-refractivity contribution in [2.24, 2.45) is 22.6 Å². The number of nitrogens with one attached hydrogen (secondary N) is 1. The number of piperidine rings is 1. The second-order valence-corrected chi connectivity index (χ2v) is 7.52. The maximum atomic E-state index is 11.2. The Balaban J connectivity index is 1.65. The van der Waals surface area contributed by atoms with E-state index >= 15 is 0 Å². The van der Waals surface area contributed by atoms with E-state index in [4.69, 9.17) is 15.5 Å². The van der Waals surface area contributed by atoms with Gasteiger partial charge in [-0.1, -0.05) is 0 Å². The van der Waals surface area contributed by atoms with Crippen molar-refractivity contribution in [3.8, 4) is 0 Å². The van der Waals surface area contributed by atoms with Crippen molar-refractivity contribution in [2.75, 3.05) is 59.5 Å². The van der Waals surface area contributed by atoms with Crippen LogP contribution in [0.2, 0.25) is 0 Å². The van der Waals surface area contributed by atoms with Crippen LogP contribution in [-0.2, 0) is 9.53 Å². The second-order valence-electron chi connectivity index (χ2n) is 7.52. The van der Waals surface area contributed by atoms with Crippen molar-refractivity contribution < 1.29 is 9.53 Å². The van der Waals surface area contributed by atoms with Crippen LogP contribution in [-0.4, -0.2) is 81.2 Å². The number of guanidine groups is 1. The van der Waals surface area contributed by atoms with E-state index in [1.165, 1.54) is 6.42 Å². The highest BCUT2D eigenvalue weighted by molar-refractivity contribution is 5.80. The number of hydrogen-bond donors (Lipinski definition) is 2. The predicted molar refractivity (Wildman–Crippen MR) is 105 cm³/mol. The zero-order valence-corrected chi connectivity index (χ0v) is 16.6. The first kappa shape index (κ1) is 21.0. The van der Waals surface area contributed by atoms with E-state index in [9.17, 15) is 4.79 Å². The fourth-order valence-electron chi connectivity index (χ4n) is 3.90. The maximum Gasteiger partial charge on any atom is 0.220 e. The summed E-state index contributed by atoms with van der Waals surface area (Å²) in [5.41, 5.74) is 5.39. The largest absolute Gasteiger partial charge is 0.384 e. The maximum absolute atomic E-state index is 11.2. The Morgan fingerprint density at radius 3 is 2.65 bits per heavy atom. The highest BCUT2D eigenvalue weighted by atomic mass is 16.5. The molecule has 2 fully saturated rings. The lowest BCUT2D eigenvalue weighted by Crippen LogP contribution is -2.40. The molecule has 0 aliphatic carbocycles. The van der Waals surface area contributed by atoms with Crippen LogP contribution >= 0.6 is 0 Å². The molecule has 3 N–H and O–H groups in total. The van der Waals surface area contributed by atoms with Crippen LogP contribution in [0.4, 0.5) is 0 Å². The molecule has 0 aromatic rings. The quantitative estimate of drug-likeness (QED) is 0.359. The van der Waals surface area contributed by atoms with Gasteiger partial charge in [0.2, 0.25) is 5.91 Å². The van der Waals surface area contributed by atoms with Crippen molar-refractivity contribution in [3.05, 3.63) is 0 Å². The number of likely N-dealkylation sites (tertiary alicyclic amines) is 2. The Hall–Kier alpha value is -1.34. The van der Waals surface area contributed by atoms with Gasteiger partial charge in [0.25, 0.3) is 0 Å². The lowest BCUT2D eigenvalue weighted by Gasteiger charge is -2.30. The molecule has 2 rings (SSSR count). The molecule has 0 aromatic carbocycles. The average molecular weight is 368 g/mol. The van der Waals surface area contributed by atoms with Crippen molar-refractivity contribution >= 4 is 11.9 Å². The number of primary amides is 1. The highest BCUT2D eigenvalue weighted by Crippen LogP contribution is 2.17. The number of ether oxygens (including phenoxy) is 1. The number of carbonyl (C=O) groups excluding carboxylic acids is 1. The summed E-state index contributed by atoms with van der Waals surface area (Å²) in [6, 6.07) is 0. The van der Waals surface area contributed by atoms with E-state index in [1.807, 2.05) is 0 Å². The Labute approximate surface area is 158 Å². The molecule has 2 aliphatic rings. The summed E-state index contributed by atoms with van der Waals surface area (Å²) in [7, 11) is 1.78. The van der Waals surface area contributed by atoms with Gasteiger partial charge in [-0.05, 0) is 58.7 Å². The Morgan fingerprint density at radius 1 is 1.23 bits per heavy atom. The van der Waals surface area contributed by atoms with Crippen LogP contribution in [0.5, 0.6) is 0 Å². The number of amides is 1. The minimum absolute atomic E-state index is 0.0842. The van der Waals surface area contributed by atoms with Gasteiger partial charge in [0, 0.05) is 45.1 Å². The van der Waals surface area contributed by atoms with Gasteiger partial charge in [-0.2, -0.15) is 0 Å². The molecule has 0 saturated carbocycles. The molecule has 150 valence electrons. The summed E-state index contributed by atoms with van der Waals surface area (Å²) >= 11 is 0. The summed E-state index contributed by atoms with van der Waals surface area (Å²) in [6.45, 7) is 9.91. The summed E-state index contributed by atoms with van der Waals surface area (Å²) in [5, 5.41) is 3.42. The van der Waals surface area contributed by atoms with Crippen molar-refractivity contribution in [2.45, 2.75) is 39.0 Å². The molecule has 2 aliphatic heterocycles. The zero-order valence-electron chi connectivity index (χ0n) is 16.6. The number of unbranched alkanes of at least 4 members (excludes halogenated alkanes) is 1. The fourth-order valence-corrected chi connectivity index (χ4v) is 3.90. The number of methoxy groups -OCH3 is 1. The SMILES string of the molecule is CCNC(=NCCCCN1CCC(C(N)=O)CC1)N1CCC(COC)C1. The van der Waals surface area contributed by atoms with Gasteiger partial charge in [-0.3, -0.25) is 9.79 Å². The number of rotatable bonds is 9. The topological polar surface area (TPSA) is 83.2 Å².